The highest BCUT2D eigenvalue weighted by molar-refractivity contribution is 7.98. The highest BCUT2D eigenvalue weighted by Crippen LogP contribution is 2.18. The number of benzene rings is 2. The van der Waals surface area contributed by atoms with Crippen LogP contribution in [0.2, 0.25) is 5.02 Å². The van der Waals surface area contributed by atoms with E-state index in [-0.39, 0.29) is 0 Å². The average Bonchev–Trinajstić information content (AvgIpc) is 2.56. The fraction of sp³-hybridized carbons (Fsp3) is 0.250. The van der Waals surface area contributed by atoms with Gasteiger partial charge in [0, 0.05) is 28.0 Å². The molecule has 0 saturated heterocycles. The maximum absolute atomic E-state index is 12.2. The smallest absolute Gasteiger partial charge is 0.210 e. The number of rotatable bonds is 8. The third kappa shape index (κ3) is 6.04. The van der Waals surface area contributed by atoms with Gasteiger partial charge in [-0.25, -0.2) is 13.1 Å². The van der Waals surface area contributed by atoms with E-state index in [0.717, 1.165) is 15.7 Å². The van der Waals surface area contributed by atoms with Crippen molar-refractivity contribution in [1.29, 1.82) is 0 Å². The van der Waals surface area contributed by atoms with E-state index in [1.165, 1.54) is 5.56 Å². The van der Waals surface area contributed by atoms with Crippen LogP contribution in [0.4, 0.5) is 0 Å². The number of thioether (sulfide) groups is 2. The van der Waals surface area contributed by atoms with E-state index in [0.29, 0.717) is 17.2 Å². The number of hydrogen-bond acceptors (Lipinski definition) is 4. The van der Waals surface area contributed by atoms with Gasteiger partial charge in [0.25, 0.3) is 0 Å². The van der Waals surface area contributed by atoms with Gasteiger partial charge < -0.3 is 0 Å². The molecule has 0 aliphatic heterocycles. The maximum atomic E-state index is 12.2. The predicted molar refractivity (Wildman–Crippen MR) is 101 cm³/mol. The van der Waals surface area contributed by atoms with Crippen LogP contribution in [0, 0.1) is 0 Å². The van der Waals surface area contributed by atoms with Crippen LogP contribution in [-0.2, 0) is 15.8 Å². The first-order chi connectivity index (χ1) is 11.0. The minimum atomic E-state index is -3.43. The third-order valence-corrected chi connectivity index (χ3v) is 6.59. The molecule has 0 bridgehead atoms. The highest BCUT2D eigenvalue weighted by Gasteiger charge is 2.12. The van der Waals surface area contributed by atoms with Crippen LogP contribution in [-0.4, -0.2) is 27.0 Å². The second kappa shape index (κ2) is 8.99. The zero-order chi connectivity index (χ0) is 16.7. The van der Waals surface area contributed by atoms with Crippen molar-refractivity contribution < 1.29 is 8.42 Å². The standard InChI is InChI=1S/C16H18ClNO2S3/c1-21-15-6-8-16(9-7-15)23(19,20)18-10-11-22-12-13-2-4-14(17)5-3-13/h2-9,18H,10-12H2,1H3. The van der Waals surface area contributed by atoms with Crippen LogP contribution in [0.5, 0.6) is 0 Å². The molecule has 0 radical (unpaired) electrons. The van der Waals surface area contributed by atoms with Crippen LogP contribution in [0.3, 0.4) is 0 Å². The van der Waals surface area contributed by atoms with E-state index in [1.807, 2.05) is 42.7 Å². The van der Waals surface area contributed by atoms with Crippen molar-refractivity contribution in [2.24, 2.45) is 0 Å². The molecule has 0 aliphatic rings. The fourth-order valence-electron chi connectivity index (χ4n) is 1.86. The summed E-state index contributed by atoms with van der Waals surface area (Å²) in [4.78, 5) is 1.35. The molecule has 0 fully saturated rings. The molecule has 3 nitrogen and oxygen atoms in total. The van der Waals surface area contributed by atoms with E-state index in [2.05, 4.69) is 4.72 Å². The lowest BCUT2D eigenvalue weighted by Gasteiger charge is -2.07. The molecule has 0 unspecified atom stereocenters. The number of nitrogens with one attached hydrogen (secondary N) is 1. The summed E-state index contributed by atoms with van der Waals surface area (Å²) in [6, 6.07) is 14.6. The van der Waals surface area contributed by atoms with Crippen molar-refractivity contribution in [1.82, 2.24) is 4.72 Å². The molecule has 23 heavy (non-hydrogen) atoms. The summed E-state index contributed by atoms with van der Waals surface area (Å²) in [5.74, 6) is 1.55. The Morgan fingerprint density at radius 1 is 1.04 bits per heavy atom. The molecule has 0 spiro atoms. The second-order valence-electron chi connectivity index (χ2n) is 4.75. The average molecular weight is 388 g/mol. The van der Waals surface area contributed by atoms with Crippen molar-refractivity contribution in [3.05, 3.63) is 59.1 Å². The summed E-state index contributed by atoms with van der Waals surface area (Å²) >= 11 is 9.10. The van der Waals surface area contributed by atoms with Gasteiger partial charge in [-0.05, 0) is 48.2 Å². The molecular weight excluding hydrogens is 370 g/mol. The monoisotopic (exact) mass is 387 g/mol. The van der Waals surface area contributed by atoms with Gasteiger partial charge >= 0.3 is 0 Å². The van der Waals surface area contributed by atoms with Gasteiger partial charge in [0.1, 0.15) is 0 Å². The quantitative estimate of drug-likeness (QED) is 0.542. The molecule has 0 atom stereocenters. The largest absolute Gasteiger partial charge is 0.240 e. The lowest BCUT2D eigenvalue weighted by atomic mass is 10.2. The van der Waals surface area contributed by atoms with Crippen LogP contribution in [0.25, 0.3) is 0 Å². The Bertz CT molecular complexity index is 716. The van der Waals surface area contributed by atoms with E-state index < -0.39 is 10.0 Å². The molecule has 1 N–H and O–H groups in total. The van der Waals surface area contributed by atoms with Gasteiger partial charge in [0.15, 0.2) is 0 Å². The Kier molecular flexibility index (Phi) is 7.30. The molecule has 0 saturated carbocycles. The number of hydrogen-bond donors (Lipinski definition) is 1. The van der Waals surface area contributed by atoms with E-state index in [1.54, 1.807) is 35.7 Å². The molecule has 7 heteroatoms. The summed E-state index contributed by atoms with van der Waals surface area (Å²) in [6.45, 7) is 0.408. The Morgan fingerprint density at radius 2 is 1.70 bits per heavy atom. The molecule has 0 heterocycles. The molecule has 0 amide bonds. The minimum absolute atomic E-state index is 0.304. The van der Waals surface area contributed by atoms with Gasteiger partial charge in [0.2, 0.25) is 10.0 Å². The lowest BCUT2D eigenvalue weighted by Crippen LogP contribution is -2.26. The van der Waals surface area contributed by atoms with Crippen LogP contribution in [0.1, 0.15) is 5.56 Å². The molecule has 0 aliphatic carbocycles. The summed E-state index contributed by atoms with van der Waals surface area (Å²) in [7, 11) is -3.43. The van der Waals surface area contributed by atoms with Gasteiger partial charge in [-0.3, -0.25) is 0 Å². The van der Waals surface area contributed by atoms with Gasteiger partial charge in [-0.15, -0.1) is 11.8 Å². The topological polar surface area (TPSA) is 46.2 Å². The summed E-state index contributed by atoms with van der Waals surface area (Å²) in [6.07, 6.45) is 1.96. The van der Waals surface area contributed by atoms with E-state index in [9.17, 15) is 8.42 Å². The first kappa shape index (κ1) is 18.7. The second-order valence-corrected chi connectivity index (χ2v) is 8.94. The van der Waals surface area contributed by atoms with Gasteiger partial charge in [-0.2, -0.15) is 11.8 Å². The molecule has 2 rings (SSSR count). The van der Waals surface area contributed by atoms with E-state index >= 15 is 0 Å². The van der Waals surface area contributed by atoms with Crippen molar-refractivity contribution >= 4 is 45.1 Å². The van der Waals surface area contributed by atoms with Crippen LogP contribution >= 0.6 is 35.1 Å². The van der Waals surface area contributed by atoms with E-state index in [4.69, 9.17) is 11.6 Å². The predicted octanol–water partition coefficient (Wildman–Crippen LogP) is 4.27. The maximum Gasteiger partial charge on any atom is 0.240 e. The first-order valence-electron chi connectivity index (χ1n) is 6.97. The minimum Gasteiger partial charge on any atom is -0.210 e. The zero-order valence-electron chi connectivity index (χ0n) is 12.7. The Balaban J connectivity index is 1.77. The van der Waals surface area contributed by atoms with Crippen LogP contribution < -0.4 is 4.72 Å². The highest BCUT2D eigenvalue weighted by atomic mass is 35.5. The van der Waals surface area contributed by atoms with Gasteiger partial charge in [-0.1, -0.05) is 23.7 Å². The lowest BCUT2D eigenvalue weighted by molar-refractivity contribution is 0.584. The van der Waals surface area contributed by atoms with Crippen molar-refractivity contribution in [2.75, 3.05) is 18.6 Å². The SMILES string of the molecule is CSc1ccc(S(=O)(=O)NCCSCc2ccc(Cl)cc2)cc1. The fourth-order valence-corrected chi connectivity index (χ4v) is 4.37. The zero-order valence-corrected chi connectivity index (χ0v) is 15.9. The molecule has 2 aromatic rings. The summed E-state index contributed by atoms with van der Waals surface area (Å²) in [5, 5.41) is 0.721. The van der Waals surface area contributed by atoms with Crippen molar-refractivity contribution in [2.45, 2.75) is 15.5 Å². The summed E-state index contributed by atoms with van der Waals surface area (Å²) < 4.78 is 27.0. The molecule has 0 aromatic heterocycles. The summed E-state index contributed by atoms with van der Waals surface area (Å²) in [5.41, 5.74) is 1.18. The Labute approximate surface area is 151 Å². The molecular formula is C16H18ClNO2S3. The van der Waals surface area contributed by atoms with Gasteiger partial charge in [0.05, 0.1) is 4.90 Å². The van der Waals surface area contributed by atoms with Crippen molar-refractivity contribution in [3.8, 4) is 0 Å². The normalized spacial score (nSPS) is 11.6. The Morgan fingerprint density at radius 3 is 2.30 bits per heavy atom. The Hall–Kier alpha value is -0.660. The first-order valence-corrected chi connectivity index (χ1v) is 11.2. The number of halogens is 1. The van der Waals surface area contributed by atoms with Crippen LogP contribution in [0.15, 0.2) is 58.3 Å². The molecule has 124 valence electrons. The third-order valence-electron chi connectivity index (χ3n) is 3.09. The molecule has 2 aromatic carbocycles. The van der Waals surface area contributed by atoms with Crippen molar-refractivity contribution in [3.63, 3.8) is 0 Å². The number of sulfonamides is 1.